The SMILES string of the molecule is O=S(=O)([O-])c1ccccc1S(=O)(=O)[O-].c1cc[nH+]cc1.c1cc[nH+]cc1. The minimum Gasteiger partial charge on any atom is -0.744 e. The van der Waals surface area contributed by atoms with Gasteiger partial charge in [-0.3, -0.25) is 0 Å². The molecule has 0 radical (unpaired) electrons. The van der Waals surface area contributed by atoms with Crippen LogP contribution in [0.4, 0.5) is 0 Å². The van der Waals surface area contributed by atoms with Crippen molar-refractivity contribution in [2.75, 3.05) is 0 Å². The summed E-state index contributed by atoms with van der Waals surface area (Å²) < 4.78 is 63.2. The normalized spacial score (nSPS) is 10.5. The molecule has 10 heteroatoms. The second-order valence-corrected chi connectivity index (χ2v) is 7.21. The molecule has 3 rings (SSSR count). The molecule has 0 fully saturated rings. The summed E-state index contributed by atoms with van der Waals surface area (Å²) in [5, 5.41) is 0. The summed E-state index contributed by atoms with van der Waals surface area (Å²) in [6, 6.07) is 15.6. The standard InChI is InChI=1S/C6H6O6S2.2C5H5N/c7-13(8,9)5-3-1-2-4-6(5)14(10,11)12;2*1-2-4-6-5-3-1/h1-4H,(H,7,8,9)(H,10,11,12);2*1-5H. The minimum absolute atomic E-state index is 0.771. The summed E-state index contributed by atoms with van der Waals surface area (Å²) in [6.07, 6.45) is 7.50. The number of rotatable bonds is 2. The summed E-state index contributed by atoms with van der Waals surface area (Å²) in [4.78, 5) is 3.75. The first kappa shape index (κ1) is 21.4. The van der Waals surface area contributed by atoms with Crippen molar-refractivity contribution in [3.8, 4) is 0 Å². The topological polar surface area (TPSA) is 143 Å². The van der Waals surface area contributed by atoms with E-state index >= 15 is 0 Å². The Morgan fingerprint density at radius 2 is 0.846 bits per heavy atom. The monoisotopic (exact) mass is 396 g/mol. The first-order chi connectivity index (χ1) is 12.2. The average Bonchev–Trinajstić information content (AvgIpc) is 2.64. The number of hydrogen-bond donors (Lipinski definition) is 0. The van der Waals surface area contributed by atoms with Crippen molar-refractivity contribution in [3.63, 3.8) is 0 Å². The first-order valence-corrected chi connectivity index (χ1v) is 9.87. The fourth-order valence-electron chi connectivity index (χ4n) is 1.55. The number of pyridine rings is 2. The summed E-state index contributed by atoms with van der Waals surface area (Å²) in [5.41, 5.74) is 0. The van der Waals surface area contributed by atoms with Crippen LogP contribution in [0.25, 0.3) is 0 Å². The second kappa shape index (κ2) is 10.4. The molecule has 0 aliphatic carbocycles. The fraction of sp³-hybridized carbons (Fsp3) is 0. The number of benzene rings is 1. The van der Waals surface area contributed by atoms with Crippen molar-refractivity contribution < 1.29 is 35.9 Å². The van der Waals surface area contributed by atoms with Gasteiger partial charge in [0.25, 0.3) is 0 Å². The van der Waals surface area contributed by atoms with Gasteiger partial charge in [0.1, 0.15) is 20.2 Å². The van der Waals surface area contributed by atoms with Crippen molar-refractivity contribution in [3.05, 3.63) is 85.5 Å². The highest BCUT2D eigenvalue weighted by atomic mass is 32.2. The van der Waals surface area contributed by atoms with Gasteiger partial charge in [-0.1, -0.05) is 24.3 Å². The van der Waals surface area contributed by atoms with Gasteiger partial charge in [-0.25, -0.2) is 26.8 Å². The lowest BCUT2D eigenvalue weighted by atomic mass is 10.4. The molecule has 0 aliphatic heterocycles. The largest absolute Gasteiger partial charge is 0.744 e. The molecular weight excluding hydrogens is 380 g/mol. The molecule has 0 unspecified atom stereocenters. The van der Waals surface area contributed by atoms with Crippen LogP contribution in [0.1, 0.15) is 0 Å². The van der Waals surface area contributed by atoms with Crippen LogP contribution in [0.5, 0.6) is 0 Å². The minimum atomic E-state index is -4.95. The van der Waals surface area contributed by atoms with E-state index in [0.29, 0.717) is 0 Å². The Labute approximate surface area is 151 Å². The van der Waals surface area contributed by atoms with E-state index in [2.05, 4.69) is 9.97 Å². The van der Waals surface area contributed by atoms with E-state index in [9.17, 15) is 25.9 Å². The number of H-pyrrole nitrogens is 2. The first-order valence-electron chi connectivity index (χ1n) is 7.06. The molecule has 0 aliphatic rings. The second-order valence-electron chi connectivity index (χ2n) is 4.51. The predicted octanol–water partition coefficient (Wildman–Crippen LogP) is 0.496. The molecule has 0 saturated heterocycles. The van der Waals surface area contributed by atoms with E-state index < -0.39 is 30.0 Å². The van der Waals surface area contributed by atoms with Crippen LogP contribution < -0.4 is 9.97 Å². The zero-order chi connectivity index (χ0) is 19.5. The van der Waals surface area contributed by atoms with Crippen LogP contribution >= 0.6 is 0 Å². The van der Waals surface area contributed by atoms with Crippen molar-refractivity contribution in [1.82, 2.24) is 0 Å². The lowest BCUT2D eigenvalue weighted by Crippen LogP contribution is -2.08. The molecule has 0 saturated carbocycles. The highest BCUT2D eigenvalue weighted by Gasteiger charge is 2.12. The maximum atomic E-state index is 10.5. The molecule has 0 spiro atoms. The van der Waals surface area contributed by atoms with Gasteiger partial charge in [0.15, 0.2) is 24.8 Å². The van der Waals surface area contributed by atoms with Gasteiger partial charge in [-0.2, -0.15) is 0 Å². The Balaban J connectivity index is 0.000000230. The number of nitrogens with one attached hydrogen (secondary N) is 2. The Morgan fingerprint density at radius 1 is 0.538 bits per heavy atom. The third-order valence-corrected chi connectivity index (χ3v) is 4.52. The van der Waals surface area contributed by atoms with E-state index in [0.717, 1.165) is 24.3 Å². The van der Waals surface area contributed by atoms with Crippen molar-refractivity contribution in [2.24, 2.45) is 0 Å². The summed E-state index contributed by atoms with van der Waals surface area (Å²) >= 11 is 0. The Morgan fingerprint density at radius 3 is 1.00 bits per heavy atom. The lowest BCUT2D eigenvalue weighted by Gasteiger charge is -2.14. The summed E-state index contributed by atoms with van der Waals surface area (Å²) in [6.45, 7) is 0. The molecule has 26 heavy (non-hydrogen) atoms. The molecule has 0 amide bonds. The third-order valence-electron chi connectivity index (χ3n) is 2.60. The van der Waals surface area contributed by atoms with Crippen LogP contribution in [0.2, 0.25) is 0 Å². The molecule has 0 bridgehead atoms. The van der Waals surface area contributed by atoms with Gasteiger partial charge in [-0.05, 0) is 12.1 Å². The van der Waals surface area contributed by atoms with Crippen molar-refractivity contribution >= 4 is 20.2 Å². The number of hydrogen-bond acceptors (Lipinski definition) is 6. The predicted molar refractivity (Wildman–Crippen MR) is 88.4 cm³/mol. The van der Waals surface area contributed by atoms with Gasteiger partial charge in [0.2, 0.25) is 0 Å². The number of aromatic nitrogens is 2. The molecule has 2 aromatic heterocycles. The van der Waals surface area contributed by atoms with Gasteiger partial charge in [0.05, 0.1) is 9.79 Å². The molecule has 138 valence electrons. The summed E-state index contributed by atoms with van der Waals surface area (Å²) in [5.74, 6) is 0. The van der Waals surface area contributed by atoms with Gasteiger partial charge >= 0.3 is 0 Å². The fourth-order valence-corrected chi connectivity index (χ4v) is 3.28. The Kier molecular flexibility index (Phi) is 8.52. The van der Waals surface area contributed by atoms with Crippen LogP contribution in [0.3, 0.4) is 0 Å². The van der Waals surface area contributed by atoms with Crippen molar-refractivity contribution in [1.29, 1.82) is 0 Å². The smallest absolute Gasteiger partial charge is 0.166 e. The van der Waals surface area contributed by atoms with Gasteiger partial charge < -0.3 is 9.11 Å². The highest BCUT2D eigenvalue weighted by Crippen LogP contribution is 2.19. The van der Waals surface area contributed by atoms with E-state index in [-0.39, 0.29) is 0 Å². The average molecular weight is 396 g/mol. The molecule has 8 nitrogen and oxygen atoms in total. The zero-order valence-corrected chi connectivity index (χ0v) is 15.0. The lowest BCUT2D eigenvalue weighted by molar-refractivity contribution is -0.378. The van der Waals surface area contributed by atoms with Gasteiger partial charge in [-0.15, -0.1) is 0 Å². The van der Waals surface area contributed by atoms with E-state index in [1.165, 1.54) is 0 Å². The summed E-state index contributed by atoms with van der Waals surface area (Å²) in [7, 11) is -9.89. The van der Waals surface area contributed by atoms with Crippen molar-refractivity contribution in [2.45, 2.75) is 9.79 Å². The third kappa shape index (κ3) is 8.44. The maximum Gasteiger partial charge on any atom is 0.166 e. The maximum absolute atomic E-state index is 10.5. The van der Waals surface area contributed by atoms with Gasteiger partial charge in [0, 0.05) is 24.3 Å². The molecule has 3 aromatic rings. The molecule has 0 atom stereocenters. The zero-order valence-electron chi connectivity index (χ0n) is 13.3. The van der Waals surface area contributed by atoms with Crippen LogP contribution in [-0.4, -0.2) is 25.9 Å². The molecule has 2 N–H and O–H groups in total. The molecule has 2 heterocycles. The van der Waals surface area contributed by atoms with Crippen LogP contribution in [-0.2, 0) is 20.2 Å². The Hall–Kier alpha value is -2.66. The van der Waals surface area contributed by atoms with E-state index in [1.807, 2.05) is 61.2 Å². The quantitative estimate of drug-likeness (QED) is 0.577. The number of aromatic amines is 2. The van der Waals surface area contributed by atoms with Crippen LogP contribution in [0.15, 0.2) is 95.2 Å². The van der Waals surface area contributed by atoms with E-state index in [1.54, 1.807) is 0 Å². The Bertz CT molecular complexity index is 844. The van der Waals surface area contributed by atoms with E-state index in [4.69, 9.17) is 0 Å². The van der Waals surface area contributed by atoms with Crippen LogP contribution in [0, 0.1) is 0 Å². The molecule has 1 aromatic carbocycles. The molecular formula is C16H16N2O6S2. The highest BCUT2D eigenvalue weighted by molar-refractivity contribution is 7.89.